The molecule has 0 bridgehead atoms. The van der Waals surface area contributed by atoms with Gasteiger partial charge < -0.3 is 15.5 Å². The number of hydrogen-bond acceptors (Lipinski definition) is 7. The Kier molecular flexibility index (Phi) is 6.50. The van der Waals surface area contributed by atoms with E-state index in [9.17, 15) is 22.0 Å². The average Bonchev–Trinajstić information content (AvgIpc) is 3.57. The number of nitrogen functional groups attached to an aromatic ring is 1. The van der Waals surface area contributed by atoms with Crippen LogP contribution < -0.4 is 19.5 Å². The summed E-state index contributed by atoms with van der Waals surface area (Å²) in [6.45, 7) is 7.39. The Hall–Kier alpha value is -4.82. The third kappa shape index (κ3) is 4.97. The fraction of sp³-hybridized carbons (Fsp3) is 0.207. The van der Waals surface area contributed by atoms with Crippen LogP contribution in [-0.2, 0) is 10.2 Å². The van der Waals surface area contributed by atoms with E-state index >= 15 is 0 Å². The molecule has 0 aliphatic carbocycles. The summed E-state index contributed by atoms with van der Waals surface area (Å²) in [4.78, 5) is 20.7. The summed E-state index contributed by atoms with van der Waals surface area (Å²) < 4.78 is 64.2. The molecule has 5 aromatic rings. The molecule has 0 atom stereocenters. The van der Waals surface area contributed by atoms with E-state index in [0.717, 1.165) is 23.1 Å². The highest BCUT2D eigenvalue weighted by Crippen LogP contribution is 2.34. The Labute approximate surface area is 245 Å². The number of benzene rings is 2. The number of hydrogen-bond donors (Lipinski definition) is 3. The number of nitrogens with one attached hydrogen (secondary N) is 2. The number of carbonyl (C=O) groups excluding carboxylic acids is 1. The molecule has 4 N–H and O–H groups in total. The molecule has 0 saturated carbocycles. The highest BCUT2D eigenvalue weighted by atomic mass is 32.2. The molecule has 0 radical (unpaired) electrons. The van der Waals surface area contributed by atoms with E-state index in [1.165, 1.54) is 33.5 Å². The molecule has 1 aliphatic heterocycles. The molecule has 1 fully saturated rings. The van der Waals surface area contributed by atoms with Gasteiger partial charge in [0.2, 0.25) is 17.4 Å². The zero-order valence-electron chi connectivity index (χ0n) is 23.6. The van der Waals surface area contributed by atoms with E-state index in [-0.39, 0.29) is 29.5 Å². The molecule has 0 spiro atoms. The van der Waals surface area contributed by atoms with E-state index in [4.69, 9.17) is 10.5 Å². The van der Waals surface area contributed by atoms with Crippen molar-refractivity contribution >= 4 is 38.4 Å². The van der Waals surface area contributed by atoms with E-state index in [2.05, 4.69) is 19.8 Å². The number of para-hydroxylation sites is 1. The Morgan fingerprint density at radius 3 is 2.40 bits per heavy atom. The maximum atomic E-state index is 14.0. The van der Waals surface area contributed by atoms with Crippen molar-refractivity contribution in [1.29, 1.82) is 0 Å². The van der Waals surface area contributed by atoms with Gasteiger partial charge in [-0.1, -0.05) is 6.07 Å². The number of nitrogens with two attached hydrogens (primary N) is 1. The average molecular weight is 608 g/mol. The summed E-state index contributed by atoms with van der Waals surface area (Å²) in [7, 11) is -3.72. The summed E-state index contributed by atoms with van der Waals surface area (Å²) in [6.07, 6.45) is 2.71. The Balaban J connectivity index is 1.29. The highest BCUT2D eigenvalue weighted by Gasteiger charge is 2.41. The molecule has 43 heavy (non-hydrogen) atoms. The molecule has 3 aromatic heterocycles. The Bertz CT molecular complexity index is 2030. The van der Waals surface area contributed by atoms with Crippen LogP contribution in [0.1, 0.15) is 41.0 Å². The van der Waals surface area contributed by atoms with Crippen LogP contribution in [0.5, 0.6) is 11.6 Å². The van der Waals surface area contributed by atoms with Gasteiger partial charge in [0.15, 0.2) is 11.6 Å². The zero-order valence-corrected chi connectivity index (χ0v) is 24.4. The van der Waals surface area contributed by atoms with E-state index in [1.807, 2.05) is 13.0 Å². The fourth-order valence-electron chi connectivity index (χ4n) is 5.12. The van der Waals surface area contributed by atoms with Gasteiger partial charge in [0.25, 0.3) is 0 Å². The van der Waals surface area contributed by atoms with Crippen LogP contribution in [-0.4, -0.2) is 46.0 Å². The van der Waals surface area contributed by atoms with Gasteiger partial charge in [-0.15, -0.1) is 0 Å². The number of anilines is 2. The summed E-state index contributed by atoms with van der Waals surface area (Å²) >= 11 is 0. The topological polar surface area (TPSA) is 148 Å². The van der Waals surface area contributed by atoms with Gasteiger partial charge in [0.05, 0.1) is 41.6 Å². The second kappa shape index (κ2) is 9.88. The van der Waals surface area contributed by atoms with Gasteiger partial charge in [-0.05, 0) is 69.2 Å². The first-order valence-corrected chi connectivity index (χ1v) is 14.6. The number of aromatic nitrogens is 4. The molecular weight excluding hydrogens is 580 g/mol. The molecule has 6 rings (SSSR count). The van der Waals surface area contributed by atoms with Crippen molar-refractivity contribution in [3.8, 4) is 17.3 Å². The van der Waals surface area contributed by atoms with E-state index in [0.29, 0.717) is 22.5 Å². The number of carbonyl (C=O) groups is 1. The lowest BCUT2D eigenvalue weighted by Crippen LogP contribution is -2.36. The zero-order chi connectivity index (χ0) is 30.8. The van der Waals surface area contributed by atoms with Gasteiger partial charge in [0.1, 0.15) is 5.82 Å². The van der Waals surface area contributed by atoms with Gasteiger partial charge >= 0.3 is 10.2 Å². The molecule has 0 unspecified atom stereocenters. The molecule has 11 nitrogen and oxygen atoms in total. The summed E-state index contributed by atoms with van der Waals surface area (Å²) in [5.41, 5.74) is 8.91. The van der Waals surface area contributed by atoms with Crippen LogP contribution in [0, 0.1) is 25.5 Å². The lowest BCUT2D eigenvalue weighted by atomic mass is 10.1. The highest BCUT2D eigenvalue weighted by molar-refractivity contribution is 7.91. The predicted molar refractivity (Wildman–Crippen MR) is 157 cm³/mol. The van der Waals surface area contributed by atoms with Crippen molar-refractivity contribution in [2.75, 3.05) is 16.6 Å². The normalized spacial score (nSPS) is 15.7. The lowest BCUT2D eigenvalue weighted by Gasteiger charge is -2.19. The number of fused-ring (bicyclic) bond motifs is 1. The number of halogens is 2. The minimum absolute atomic E-state index is 0.0407. The number of rotatable bonds is 6. The van der Waals surface area contributed by atoms with Crippen LogP contribution in [0.4, 0.5) is 20.3 Å². The SMILES string of the molecule is Cc1cc2cc(C(=O)c3cnn(-c4cnc(Oc5c(F)cccc5F)cc4C)c3N)[nH]c2cc1N1CC(C)(C)NS1(=O)=O. The summed E-state index contributed by atoms with van der Waals surface area (Å²) in [5, 5.41) is 5.00. The van der Waals surface area contributed by atoms with Gasteiger partial charge in [-0.2, -0.15) is 18.2 Å². The van der Waals surface area contributed by atoms with Crippen LogP contribution in [0.2, 0.25) is 0 Å². The van der Waals surface area contributed by atoms with Crippen molar-refractivity contribution in [2.24, 2.45) is 0 Å². The third-order valence-corrected chi connectivity index (χ3v) is 8.86. The Morgan fingerprint density at radius 2 is 1.74 bits per heavy atom. The van der Waals surface area contributed by atoms with Crippen LogP contribution in [0.3, 0.4) is 0 Å². The van der Waals surface area contributed by atoms with E-state index < -0.39 is 38.9 Å². The standard InChI is InChI=1S/C29H27F2N7O4S/c1-15-8-17-10-22(35-21(17)11-23(15)37-14-29(3,4)36-43(37,40)41)26(39)18-12-34-38(28(18)32)24-13-33-25(9-16(24)2)42-27-19(30)6-5-7-20(27)31/h5-13,35-36H,14,32H2,1-4H3. The monoisotopic (exact) mass is 607 g/mol. The van der Waals surface area contributed by atoms with Crippen molar-refractivity contribution in [3.63, 3.8) is 0 Å². The first kappa shape index (κ1) is 28.3. The van der Waals surface area contributed by atoms with Gasteiger partial charge in [0, 0.05) is 22.5 Å². The second-order valence-electron chi connectivity index (χ2n) is 11.1. The number of ether oxygens (including phenoxy) is 1. The summed E-state index contributed by atoms with van der Waals surface area (Å²) in [5.74, 6) is -2.72. The van der Waals surface area contributed by atoms with Gasteiger partial charge in [-0.25, -0.2) is 18.4 Å². The molecule has 14 heteroatoms. The van der Waals surface area contributed by atoms with Crippen molar-refractivity contribution in [2.45, 2.75) is 33.2 Å². The van der Waals surface area contributed by atoms with Gasteiger partial charge in [-0.3, -0.25) is 9.10 Å². The Morgan fingerprint density at radius 1 is 1.05 bits per heavy atom. The minimum atomic E-state index is -3.72. The molecule has 0 amide bonds. The predicted octanol–water partition coefficient (Wildman–Crippen LogP) is 4.68. The molecule has 2 aromatic carbocycles. The summed E-state index contributed by atoms with van der Waals surface area (Å²) in [6, 6.07) is 10.0. The number of nitrogens with zero attached hydrogens (tertiary/aromatic N) is 4. The number of H-pyrrole nitrogens is 1. The van der Waals surface area contributed by atoms with Crippen molar-refractivity contribution in [1.82, 2.24) is 24.5 Å². The number of aryl methyl sites for hydroxylation is 2. The first-order valence-electron chi connectivity index (χ1n) is 13.2. The smallest absolute Gasteiger partial charge is 0.302 e. The third-order valence-electron chi connectivity index (χ3n) is 7.15. The van der Waals surface area contributed by atoms with Crippen LogP contribution >= 0.6 is 0 Å². The molecule has 222 valence electrons. The fourth-order valence-corrected chi connectivity index (χ4v) is 6.95. The van der Waals surface area contributed by atoms with Crippen LogP contribution in [0.25, 0.3) is 16.6 Å². The maximum absolute atomic E-state index is 14.0. The quantitative estimate of drug-likeness (QED) is 0.237. The van der Waals surface area contributed by atoms with Crippen LogP contribution in [0.15, 0.2) is 54.9 Å². The second-order valence-corrected chi connectivity index (χ2v) is 12.6. The first-order chi connectivity index (χ1) is 20.2. The number of ketones is 1. The number of pyridine rings is 1. The van der Waals surface area contributed by atoms with Crippen molar-refractivity contribution < 1.29 is 26.7 Å². The lowest BCUT2D eigenvalue weighted by molar-refractivity contribution is 0.103. The molecule has 1 aliphatic rings. The molecule has 1 saturated heterocycles. The number of aromatic amines is 1. The maximum Gasteiger partial charge on any atom is 0.302 e. The largest absolute Gasteiger partial charge is 0.433 e. The minimum Gasteiger partial charge on any atom is -0.433 e. The van der Waals surface area contributed by atoms with Crippen molar-refractivity contribution in [3.05, 3.63) is 88.9 Å². The van der Waals surface area contributed by atoms with E-state index in [1.54, 1.807) is 32.9 Å². The molecule has 4 heterocycles. The molecular formula is C29H27F2N7O4S.